The van der Waals surface area contributed by atoms with Crippen molar-refractivity contribution in [3.05, 3.63) is 54.1 Å². The molecule has 11 heteroatoms. The van der Waals surface area contributed by atoms with Crippen molar-refractivity contribution in [1.29, 1.82) is 0 Å². The number of hydrogen-bond acceptors (Lipinski definition) is 5. The van der Waals surface area contributed by atoms with Gasteiger partial charge in [0.1, 0.15) is 0 Å². The molecule has 1 saturated heterocycles. The van der Waals surface area contributed by atoms with Crippen molar-refractivity contribution >= 4 is 19.9 Å². The Labute approximate surface area is 173 Å². The quantitative estimate of drug-likeness (QED) is 0.660. The van der Waals surface area contributed by atoms with Crippen LogP contribution in [-0.4, -0.2) is 36.0 Å². The molecule has 2 aromatic rings. The first-order valence-corrected chi connectivity index (χ1v) is 12.2. The van der Waals surface area contributed by atoms with Crippen LogP contribution in [0.4, 0.5) is 13.2 Å². The lowest BCUT2D eigenvalue weighted by Crippen LogP contribution is -2.31. The highest BCUT2D eigenvalue weighted by atomic mass is 32.2. The van der Waals surface area contributed by atoms with Gasteiger partial charge < -0.3 is 5.32 Å². The van der Waals surface area contributed by atoms with Crippen LogP contribution in [0.5, 0.6) is 0 Å². The van der Waals surface area contributed by atoms with E-state index >= 15 is 0 Å². The van der Waals surface area contributed by atoms with Crippen LogP contribution in [0.3, 0.4) is 0 Å². The fraction of sp³-hybridized carbons (Fsp3) is 0.368. The number of benzene rings is 2. The average molecular weight is 463 g/mol. The summed E-state index contributed by atoms with van der Waals surface area (Å²) in [5.41, 5.74) is -1.42. The van der Waals surface area contributed by atoms with Crippen LogP contribution in [0.2, 0.25) is 0 Å². The highest BCUT2D eigenvalue weighted by Gasteiger charge is 2.38. The van der Waals surface area contributed by atoms with E-state index in [-0.39, 0.29) is 17.5 Å². The number of sulfonamides is 1. The third-order valence-corrected chi connectivity index (χ3v) is 8.13. The number of hydrogen-bond donors (Lipinski definition) is 2. The molecule has 164 valence electrons. The van der Waals surface area contributed by atoms with E-state index in [0.717, 1.165) is 25.5 Å². The van der Waals surface area contributed by atoms with Gasteiger partial charge in [-0.2, -0.15) is 13.2 Å². The van der Waals surface area contributed by atoms with Crippen molar-refractivity contribution in [2.75, 3.05) is 13.1 Å². The van der Waals surface area contributed by atoms with Gasteiger partial charge in [-0.25, -0.2) is 21.6 Å². The lowest BCUT2D eigenvalue weighted by Gasteiger charge is -2.16. The molecule has 2 aromatic carbocycles. The normalized spacial score (nSPS) is 17.9. The maximum absolute atomic E-state index is 13.4. The topological polar surface area (TPSA) is 92.3 Å². The van der Waals surface area contributed by atoms with Crippen LogP contribution in [0.1, 0.15) is 24.8 Å². The zero-order chi connectivity index (χ0) is 22.0. The SMILES string of the molecule is O=S(=O)(NCCC1CCCN1)c1cc(S(=O)(=O)c2ccccc2)ccc1C(F)(F)F. The van der Waals surface area contributed by atoms with E-state index in [9.17, 15) is 30.0 Å². The molecule has 0 spiro atoms. The highest BCUT2D eigenvalue weighted by Crippen LogP contribution is 2.36. The molecule has 1 atom stereocenters. The summed E-state index contributed by atoms with van der Waals surface area (Å²) in [5, 5.41) is 3.17. The predicted octanol–water partition coefficient (Wildman–Crippen LogP) is 2.96. The van der Waals surface area contributed by atoms with Crippen LogP contribution in [0.15, 0.2) is 63.2 Å². The van der Waals surface area contributed by atoms with Gasteiger partial charge in [-0.3, -0.25) is 0 Å². The minimum atomic E-state index is -4.97. The zero-order valence-electron chi connectivity index (χ0n) is 15.8. The molecule has 1 aliphatic rings. The van der Waals surface area contributed by atoms with Gasteiger partial charge in [0.2, 0.25) is 19.9 Å². The van der Waals surface area contributed by atoms with E-state index in [2.05, 4.69) is 10.0 Å². The van der Waals surface area contributed by atoms with Crippen molar-refractivity contribution in [2.24, 2.45) is 0 Å². The first-order chi connectivity index (χ1) is 14.0. The number of alkyl halides is 3. The molecule has 0 aromatic heterocycles. The Morgan fingerprint density at radius 1 is 1.00 bits per heavy atom. The fourth-order valence-electron chi connectivity index (χ4n) is 3.31. The summed E-state index contributed by atoms with van der Waals surface area (Å²) >= 11 is 0. The molecule has 0 saturated carbocycles. The molecule has 0 bridgehead atoms. The summed E-state index contributed by atoms with van der Waals surface area (Å²) in [4.78, 5) is -1.78. The number of sulfone groups is 1. The predicted molar refractivity (Wildman–Crippen MR) is 104 cm³/mol. The second-order valence-corrected chi connectivity index (χ2v) is 10.6. The fourth-order valence-corrected chi connectivity index (χ4v) is 5.99. The second-order valence-electron chi connectivity index (χ2n) is 6.95. The van der Waals surface area contributed by atoms with Crippen LogP contribution in [0.25, 0.3) is 0 Å². The average Bonchev–Trinajstić information content (AvgIpc) is 3.21. The molecule has 30 heavy (non-hydrogen) atoms. The zero-order valence-corrected chi connectivity index (χ0v) is 17.4. The number of nitrogens with one attached hydrogen (secondary N) is 2. The Morgan fingerprint density at radius 3 is 2.30 bits per heavy atom. The monoisotopic (exact) mass is 462 g/mol. The van der Waals surface area contributed by atoms with E-state index in [1.807, 2.05) is 0 Å². The molecular weight excluding hydrogens is 441 g/mol. The van der Waals surface area contributed by atoms with Crippen LogP contribution in [-0.2, 0) is 26.0 Å². The van der Waals surface area contributed by atoms with Crippen molar-refractivity contribution in [3.63, 3.8) is 0 Å². The molecule has 1 aliphatic heterocycles. The smallest absolute Gasteiger partial charge is 0.314 e. The first-order valence-electron chi connectivity index (χ1n) is 9.26. The summed E-state index contributed by atoms with van der Waals surface area (Å²) in [7, 11) is -8.78. The van der Waals surface area contributed by atoms with Crippen molar-refractivity contribution in [1.82, 2.24) is 10.0 Å². The van der Waals surface area contributed by atoms with Crippen molar-refractivity contribution < 1.29 is 30.0 Å². The Kier molecular flexibility index (Phi) is 6.56. The summed E-state index contributed by atoms with van der Waals surface area (Å²) in [6.45, 7) is 0.752. The maximum Gasteiger partial charge on any atom is 0.417 e. The van der Waals surface area contributed by atoms with Crippen molar-refractivity contribution in [3.8, 4) is 0 Å². The molecule has 3 rings (SSSR count). The minimum absolute atomic E-state index is 0.0625. The third-order valence-electron chi connectivity index (χ3n) is 4.86. The first kappa shape index (κ1) is 22.7. The van der Waals surface area contributed by atoms with Gasteiger partial charge in [0.15, 0.2) is 0 Å². The maximum atomic E-state index is 13.4. The van der Waals surface area contributed by atoms with Gasteiger partial charge in [-0.1, -0.05) is 18.2 Å². The Balaban J connectivity index is 1.97. The van der Waals surface area contributed by atoms with Gasteiger partial charge in [-0.15, -0.1) is 0 Å². The molecule has 0 radical (unpaired) electrons. The van der Waals surface area contributed by atoms with E-state index in [1.165, 1.54) is 24.3 Å². The third kappa shape index (κ3) is 5.02. The molecular formula is C19H21F3N2O4S2. The Hall–Kier alpha value is -1.95. The highest BCUT2D eigenvalue weighted by molar-refractivity contribution is 7.91. The summed E-state index contributed by atoms with van der Waals surface area (Å²) < 4.78 is 93.3. The number of rotatable bonds is 7. The largest absolute Gasteiger partial charge is 0.417 e. The minimum Gasteiger partial charge on any atom is -0.314 e. The van der Waals surface area contributed by atoms with Crippen LogP contribution in [0, 0.1) is 0 Å². The van der Waals surface area contributed by atoms with Gasteiger partial charge in [-0.05, 0) is 56.1 Å². The standard InChI is InChI=1S/C19H21F3N2O4S2/c20-19(21,22)17-9-8-16(29(25,26)15-6-2-1-3-7-15)13-18(17)30(27,28)24-12-10-14-5-4-11-23-14/h1-3,6-9,13-14,23-24H,4-5,10-12H2. The molecule has 1 heterocycles. The van der Waals surface area contributed by atoms with Gasteiger partial charge >= 0.3 is 6.18 Å². The van der Waals surface area contributed by atoms with E-state index < -0.39 is 41.4 Å². The van der Waals surface area contributed by atoms with Gasteiger partial charge in [0.05, 0.1) is 20.2 Å². The van der Waals surface area contributed by atoms with E-state index in [4.69, 9.17) is 0 Å². The second kappa shape index (κ2) is 8.66. The Bertz CT molecular complexity index is 1100. The van der Waals surface area contributed by atoms with Crippen molar-refractivity contribution in [2.45, 2.75) is 46.2 Å². The molecule has 2 N–H and O–H groups in total. The molecule has 0 amide bonds. The molecule has 1 unspecified atom stereocenters. The Morgan fingerprint density at radius 2 is 1.70 bits per heavy atom. The summed E-state index contributed by atoms with van der Waals surface area (Å²) in [6, 6.07) is 9.02. The van der Waals surface area contributed by atoms with E-state index in [1.54, 1.807) is 6.07 Å². The lowest BCUT2D eigenvalue weighted by molar-refractivity contribution is -0.139. The number of halogens is 3. The van der Waals surface area contributed by atoms with Crippen LogP contribution >= 0.6 is 0 Å². The van der Waals surface area contributed by atoms with Crippen LogP contribution < -0.4 is 10.0 Å². The lowest BCUT2D eigenvalue weighted by atomic mass is 10.2. The van der Waals surface area contributed by atoms with Gasteiger partial charge in [0, 0.05) is 12.6 Å². The molecule has 6 nitrogen and oxygen atoms in total. The summed E-state index contributed by atoms with van der Waals surface area (Å²) in [5.74, 6) is 0. The molecule has 0 aliphatic carbocycles. The van der Waals surface area contributed by atoms with Gasteiger partial charge in [0.25, 0.3) is 0 Å². The molecule has 1 fully saturated rings. The summed E-state index contributed by atoms with van der Waals surface area (Å²) in [6.07, 6.45) is -2.73. The van der Waals surface area contributed by atoms with E-state index in [0.29, 0.717) is 18.6 Å².